The Kier molecular flexibility index (Phi) is 5.92. The van der Waals surface area contributed by atoms with Crippen molar-refractivity contribution in [1.82, 2.24) is 10.2 Å². The molecule has 3 aliphatic rings. The van der Waals surface area contributed by atoms with Crippen LogP contribution in [0.1, 0.15) is 17.5 Å². The molecule has 1 fully saturated rings. The Morgan fingerprint density at radius 3 is 2.34 bits per heavy atom. The standard InChI is InChI=1S/C28H27FN2O7/c1-30-27(37)21-24(34)22(31(2)3)17-11-13-10-16-15(12-4-6-14(29)7-5-12)8-9-18(32)20(16)23(33)19(13)25(35)28(17,38)26(21)36/h4-9,13,17,22,32-33,36,38H,10-11H2,1-3H3,(H,30,37)/t13-,17-,22-,28-/m0/s1. The molecule has 0 bridgehead atoms. The molecule has 0 spiro atoms. The summed E-state index contributed by atoms with van der Waals surface area (Å²) in [6.07, 6.45) is 0.175. The third-order valence-corrected chi connectivity index (χ3v) is 7.97. The summed E-state index contributed by atoms with van der Waals surface area (Å²) in [6, 6.07) is 7.58. The Morgan fingerprint density at radius 1 is 1.08 bits per heavy atom. The van der Waals surface area contributed by atoms with E-state index >= 15 is 0 Å². The number of carbonyl (C=O) groups excluding carboxylic acids is 3. The maximum absolute atomic E-state index is 13.9. The van der Waals surface area contributed by atoms with E-state index in [9.17, 15) is 39.2 Å². The van der Waals surface area contributed by atoms with Gasteiger partial charge in [-0.05, 0) is 67.7 Å². The van der Waals surface area contributed by atoms with Gasteiger partial charge in [0.1, 0.15) is 28.7 Å². The number of nitrogens with zero attached hydrogens (tertiary/aromatic N) is 1. The van der Waals surface area contributed by atoms with Gasteiger partial charge in [0.05, 0.1) is 11.6 Å². The molecule has 5 rings (SSSR count). The van der Waals surface area contributed by atoms with Gasteiger partial charge < -0.3 is 25.7 Å². The number of phenols is 1. The first-order valence-corrected chi connectivity index (χ1v) is 12.1. The molecule has 1 saturated carbocycles. The fourth-order valence-electron chi connectivity index (χ4n) is 6.25. The number of aromatic hydroxyl groups is 1. The van der Waals surface area contributed by atoms with Gasteiger partial charge >= 0.3 is 0 Å². The van der Waals surface area contributed by atoms with Crippen LogP contribution >= 0.6 is 0 Å². The van der Waals surface area contributed by atoms with Crippen LogP contribution in [0.5, 0.6) is 5.75 Å². The third kappa shape index (κ3) is 3.40. The van der Waals surface area contributed by atoms with Crippen molar-refractivity contribution in [3.05, 3.63) is 70.2 Å². The average Bonchev–Trinajstić information content (AvgIpc) is 2.86. The molecule has 2 aromatic carbocycles. The summed E-state index contributed by atoms with van der Waals surface area (Å²) in [6.45, 7) is 0. The number of ketones is 2. The highest BCUT2D eigenvalue weighted by molar-refractivity contribution is 6.25. The van der Waals surface area contributed by atoms with Gasteiger partial charge in [-0.25, -0.2) is 4.39 Å². The lowest BCUT2D eigenvalue weighted by atomic mass is 9.57. The van der Waals surface area contributed by atoms with E-state index in [4.69, 9.17) is 0 Å². The molecule has 4 atom stereocenters. The van der Waals surface area contributed by atoms with Crippen LogP contribution in [0.3, 0.4) is 0 Å². The predicted molar refractivity (Wildman–Crippen MR) is 135 cm³/mol. The van der Waals surface area contributed by atoms with Gasteiger partial charge in [-0.3, -0.25) is 19.3 Å². The van der Waals surface area contributed by atoms with Gasteiger partial charge in [-0.15, -0.1) is 0 Å². The molecule has 0 unspecified atom stereocenters. The smallest absolute Gasteiger partial charge is 0.258 e. The van der Waals surface area contributed by atoms with Crippen LogP contribution in [0.15, 0.2) is 53.3 Å². The first kappa shape index (κ1) is 25.6. The third-order valence-electron chi connectivity index (χ3n) is 7.97. The number of benzene rings is 2. The quantitative estimate of drug-likeness (QED) is 0.385. The van der Waals surface area contributed by atoms with Crippen molar-refractivity contribution in [2.75, 3.05) is 21.1 Å². The molecule has 198 valence electrons. The number of aliphatic hydroxyl groups excluding tert-OH is 2. The summed E-state index contributed by atoms with van der Waals surface area (Å²) in [5, 5.41) is 47.0. The van der Waals surface area contributed by atoms with Crippen LogP contribution in [-0.4, -0.2) is 75.6 Å². The van der Waals surface area contributed by atoms with Crippen LogP contribution in [-0.2, 0) is 20.8 Å². The summed E-state index contributed by atoms with van der Waals surface area (Å²) < 4.78 is 13.6. The molecular weight excluding hydrogens is 495 g/mol. The highest BCUT2D eigenvalue weighted by Crippen LogP contribution is 2.53. The number of hydrogen-bond acceptors (Lipinski definition) is 8. The Balaban J connectivity index is 1.73. The zero-order chi connectivity index (χ0) is 27.7. The maximum atomic E-state index is 13.9. The molecule has 10 heteroatoms. The minimum absolute atomic E-state index is 0.000450. The molecule has 0 aliphatic heterocycles. The number of rotatable bonds is 3. The van der Waals surface area contributed by atoms with Crippen molar-refractivity contribution >= 4 is 23.2 Å². The van der Waals surface area contributed by atoms with Crippen LogP contribution in [0.25, 0.3) is 16.9 Å². The van der Waals surface area contributed by atoms with E-state index in [1.165, 1.54) is 30.1 Å². The van der Waals surface area contributed by atoms with E-state index in [1.54, 1.807) is 32.3 Å². The number of hydrogen-bond donors (Lipinski definition) is 5. The van der Waals surface area contributed by atoms with Crippen molar-refractivity contribution in [3.8, 4) is 16.9 Å². The second-order valence-corrected chi connectivity index (χ2v) is 10.2. The summed E-state index contributed by atoms with van der Waals surface area (Å²) >= 11 is 0. The average molecular weight is 523 g/mol. The summed E-state index contributed by atoms with van der Waals surface area (Å²) in [4.78, 5) is 41.3. The first-order valence-electron chi connectivity index (χ1n) is 12.1. The number of halogens is 1. The minimum atomic E-state index is -2.65. The second kappa shape index (κ2) is 8.78. The zero-order valence-electron chi connectivity index (χ0n) is 20.9. The molecule has 0 heterocycles. The Bertz CT molecular complexity index is 1460. The van der Waals surface area contributed by atoms with Gasteiger partial charge in [0, 0.05) is 18.5 Å². The van der Waals surface area contributed by atoms with Crippen molar-refractivity contribution in [2.45, 2.75) is 24.5 Å². The Hall–Kier alpha value is -4.02. The zero-order valence-corrected chi connectivity index (χ0v) is 20.9. The topological polar surface area (TPSA) is 147 Å². The van der Waals surface area contributed by atoms with E-state index in [0.717, 1.165) is 0 Å². The van der Waals surface area contributed by atoms with Crippen LogP contribution in [0.4, 0.5) is 4.39 Å². The highest BCUT2D eigenvalue weighted by Gasteiger charge is 2.64. The molecule has 3 aliphatic carbocycles. The predicted octanol–water partition coefficient (Wildman–Crippen LogP) is 2.03. The summed E-state index contributed by atoms with van der Waals surface area (Å²) in [5.74, 6) is -6.85. The number of amides is 1. The minimum Gasteiger partial charge on any atom is -0.508 e. The van der Waals surface area contributed by atoms with E-state index in [0.29, 0.717) is 16.7 Å². The van der Waals surface area contributed by atoms with Crippen LogP contribution < -0.4 is 5.32 Å². The van der Waals surface area contributed by atoms with E-state index in [2.05, 4.69) is 5.32 Å². The fraction of sp³-hybridized carbons (Fsp3) is 0.321. The molecule has 0 saturated heterocycles. The lowest BCUT2D eigenvalue weighted by Gasteiger charge is -2.50. The van der Waals surface area contributed by atoms with Crippen molar-refractivity contribution < 1.29 is 39.2 Å². The molecule has 38 heavy (non-hydrogen) atoms. The first-order chi connectivity index (χ1) is 17.9. The van der Waals surface area contributed by atoms with Gasteiger partial charge in [-0.2, -0.15) is 0 Å². The number of likely N-dealkylation sites (N-methyl/N-ethyl adjacent to an activating group) is 2. The molecule has 5 N–H and O–H groups in total. The van der Waals surface area contributed by atoms with Crippen molar-refractivity contribution in [2.24, 2.45) is 11.8 Å². The SMILES string of the molecule is CNC(=O)C1=C(O)[C@@]2(O)C(=O)C3=C(O)c4c(O)ccc(-c5ccc(F)cc5)c4C[C@H]3C[C@H]2[C@H](N(C)C)C1=O. The number of Topliss-reactive ketones (excluding diaryl/α,β-unsaturated/α-hetero) is 2. The highest BCUT2D eigenvalue weighted by atomic mass is 19.1. The van der Waals surface area contributed by atoms with Crippen LogP contribution in [0.2, 0.25) is 0 Å². The van der Waals surface area contributed by atoms with Gasteiger partial charge in [0.15, 0.2) is 11.4 Å². The van der Waals surface area contributed by atoms with Crippen molar-refractivity contribution in [1.29, 1.82) is 0 Å². The Morgan fingerprint density at radius 2 is 1.74 bits per heavy atom. The Labute approximate surface area is 217 Å². The lowest BCUT2D eigenvalue weighted by Crippen LogP contribution is -2.65. The number of aliphatic hydroxyl groups is 3. The molecule has 0 aromatic heterocycles. The summed E-state index contributed by atoms with van der Waals surface area (Å²) in [7, 11) is 4.39. The maximum Gasteiger partial charge on any atom is 0.258 e. The van der Waals surface area contributed by atoms with Crippen LogP contribution in [0, 0.1) is 17.7 Å². The summed E-state index contributed by atoms with van der Waals surface area (Å²) in [5.41, 5.74) is -1.79. The molecule has 9 nitrogen and oxygen atoms in total. The monoisotopic (exact) mass is 522 g/mol. The number of nitrogens with one attached hydrogen (secondary N) is 1. The number of fused-ring (bicyclic) bond motifs is 3. The number of phenolic OH excluding ortho intramolecular Hbond substituents is 1. The van der Waals surface area contributed by atoms with E-state index < -0.39 is 63.9 Å². The van der Waals surface area contributed by atoms with Crippen molar-refractivity contribution in [3.63, 3.8) is 0 Å². The lowest BCUT2D eigenvalue weighted by molar-refractivity contribution is -0.153. The van der Waals surface area contributed by atoms with Gasteiger partial charge in [0.2, 0.25) is 5.78 Å². The molecule has 1 amide bonds. The molecule has 0 radical (unpaired) electrons. The van der Waals surface area contributed by atoms with Gasteiger partial charge in [0.25, 0.3) is 5.91 Å². The molecule has 2 aromatic rings. The number of carbonyl (C=O) groups is 3. The van der Waals surface area contributed by atoms with E-state index in [-0.39, 0.29) is 29.7 Å². The molecular formula is C28H27FN2O7. The fourth-order valence-corrected chi connectivity index (χ4v) is 6.25. The van der Waals surface area contributed by atoms with E-state index in [1.807, 2.05) is 0 Å². The largest absolute Gasteiger partial charge is 0.508 e. The van der Waals surface area contributed by atoms with Gasteiger partial charge in [-0.1, -0.05) is 18.2 Å². The normalized spacial score (nSPS) is 26.7. The second-order valence-electron chi connectivity index (χ2n) is 10.2.